The molecule has 1 aliphatic heterocycles. The van der Waals surface area contributed by atoms with Gasteiger partial charge in [-0.2, -0.15) is 0 Å². The first kappa shape index (κ1) is 13.9. The lowest BCUT2D eigenvalue weighted by molar-refractivity contribution is 0.115. The van der Waals surface area contributed by atoms with E-state index in [1.54, 1.807) is 11.3 Å². The van der Waals surface area contributed by atoms with Crippen molar-refractivity contribution < 1.29 is 0 Å². The van der Waals surface area contributed by atoms with E-state index in [-0.39, 0.29) is 5.54 Å². The zero-order chi connectivity index (χ0) is 13.2. The minimum Gasteiger partial charge on any atom is -0.329 e. The number of likely N-dealkylation sites (tertiary alicyclic amines) is 1. The Morgan fingerprint density at radius 1 is 1.61 bits per heavy atom. The second kappa shape index (κ2) is 5.65. The summed E-state index contributed by atoms with van der Waals surface area (Å²) >= 11 is 1.66. The summed E-state index contributed by atoms with van der Waals surface area (Å²) < 4.78 is 0. The van der Waals surface area contributed by atoms with E-state index in [1.807, 2.05) is 5.51 Å². The third-order valence-electron chi connectivity index (χ3n) is 4.16. The highest BCUT2D eigenvalue weighted by Gasteiger charge is 2.41. The van der Waals surface area contributed by atoms with Gasteiger partial charge in [0.2, 0.25) is 0 Å². The van der Waals surface area contributed by atoms with Gasteiger partial charge in [0, 0.05) is 43.1 Å². The summed E-state index contributed by atoms with van der Waals surface area (Å²) in [6.07, 6.45) is 1.16. The van der Waals surface area contributed by atoms with Gasteiger partial charge in [0.05, 0.1) is 11.2 Å². The molecule has 0 aliphatic carbocycles. The van der Waals surface area contributed by atoms with Crippen molar-refractivity contribution in [3.8, 4) is 0 Å². The summed E-state index contributed by atoms with van der Waals surface area (Å²) in [5, 5.41) is 2.12. The van der Waals surface area contributed by atoms with E-state index >= 15 is 0 Å². The predicted molar refractivity (Wildman–Crippen MR) is 76.7 cm³/mol. The van der Waals surface area contributed by atoms with Gasteiger partial charge in [-0.1, -0.05) is 0 Å². The van der Waals surface area contributed by atoms with Crippen molar-refractivity contribution in [1.29, 1.82) is 0 Å². The van der Waals surface area contributed by atoms with E-state index in [0.717, 1.165) is 38.3 Å². The van der Waals surface area contributed by atoms with Crippen LogP contribution in [0.5, 0.6) is 0 Å². The molecule has 0 radical (unpaired) electrons. The molecule has 1 saturated heterocycles. The van der Waals surface area contributed by atoms with Crippen LogP contribution in [-0.2, 0) is 6.54 Å². The Labute approximate surface area is 114 Å². The van der Waals surface area contributed by atoms with Gasteiger partial charge in [0.25, 0.3) is 0 Å². The zero-order valence-electron chi connectivity index (χ0n) is 11.6. The van der Waals surface area contributed by atoms with Crippen molar-refractivity contribution in [1.82, 2.24) is 14.8 Å². The van der Waals surface area contributed by atoms with Crippen molar-refractivity contribution in [2.24, 2.45) is 5.73 Å². The quantitative estimate of drug-likeness (QED) is 0.876. The lowest BCUT2D eigenvalue weighted by Gasteiger charge is -2.38. The summed E-state index contributed by atoms with van der Waals surface area (Å²) in [6, 6.07) is 0.603. The number of likely N-dealkylation sites (N-methyl/N-ethyl adjacent to an activating group) is 1. The molecule has 102 valence electrons. The fraction of sp³-hybridized carbons (Fsp3) is 0.769. The molecule has 0 saturated carbocycles. The van der Waals surface area contributed by atoms with Crippen LogP contribution >= 0.6 is 11.3 Å². The van der Waals surface area contributed by atoms with Crippen molar-refractivity contribution in [2.75, 3.05) is 26.7 Å². The van der Waals surface area contributed by atoms with Gasteiger partial charge in [-0.25, -0.2) is 4.98 Å². The first-order valence-electron chi connectivity index (χ1n) is 6.60. The molecular formula is C13H24N4S. The van der Waals surface area contributed by atoms with Gasteiger partial charge in [-0.05, 0) is 27.3 Å². The lowest BCUT2D eigenvalue weighted by atomic mass is 9.96. The molecule has 18 heavy (non-hydrogen) atoms. The molecule has 1 fully saturated rings. The molecule has 5 heteroatoms. The van der Waals surface area contributed by atoms with Crippen molar-refractivity contribution >= 4 is 11.3 Å². The van der Waals surface area contributed by atoms with Crippen LogP contribution in [0.3, 0.4) is 0 Å². The first-order valence-corrected chi connectivity index (χ1v) is 7.54. The average molecular weight is 268 g/mol. The maximum Gasteiger partial charge on any atom is 0.0795 e. The molecule has 0 aromatic carbocycles. The Hall–Kier alpha value is -0.490. The monoisotopic (exact) mass is 268 g/mol. The molecule has 0 amide bonds. The molecule has 2 N–H and O–H groups in total. The van der Waals surface area contributed by atoms with Gasteiger partial charge in [-0.3, -0.25) is 9.80 Å². The van der Waals surface area contributed by atoms with Crippen LogP contribution in [0.1, 0.15) is 26.0 Å². The Balaban J connectivity index is 2.04. The topological polar surface area (TPSA) is 45.4 Å². The highest BCUT2D eigenvalue weighted by atomic mass is 32.1. The number of aromatic nitrogens is 1. The molecule has 4 nitrogen and oxygen atoms in total. The summed E-state index contributed by atoms with van der Waals surface area (Å²) in [5.41, 5.74) is 9.24. The number of nitrogens with zero attached hydrogens (tertiary/aromatic N) is 3. The van der Waals surface area contributed by atoms with E-state index in [1.165, 1.54) is 0 Å². The van der Waals surface area contributed by atoms with E-state index in [9.17, 15) is 0 Å². The molecule has 0 spiro atoms. The minimum absolute atomic E-state index is 0.119. The number of hydrogen-bond donors (Lipinski definition) is 1. The fourth-order valence-corrected chi connectivity index (χ4v) is 3.24. The molecule has 1 atom stereocenters. The standard InChI is InChI=1S/C13H24N4S/c1-11(2)17-5-4-13(8-14,9-17)16(3)6-12-7-18-10-15-12/h7,10-11H,4-6,8-9,14H2,1-3H3. The maximum absolute atomic E-state index is 6.07. The molecular weight excluding hydrogens is 244 g/mol. The average Bonchev–Trinajstić information content (AvgIpc) is 2.97. The smallest absolute Gasteiger partial charge is 0.0795 e. The summed E-state index contributed by atoms with van der Waals surface area (Å²) in [5.74, 6) is 0. The van der Waals surface area contributed by atoms with E-state index < -0.39 is 0 Å². The fourth-order valence-electron chi connectivity index (χ4n) is 2.69. The van der Waals surface area contributed by atoms with Crippen LogP contribution in [0.4, 0.5) is 0 Å². The van der Waals surface area contributed by atoms with Crippen molar-refractivity contribution in [3.63, 3.8) is 0 Å². The Morgan fingerprint density at radius 3 is 2.89 bits per heavy atom. The molecule has 2 heterocycles. The lowest BCUT2D eigenvalue weighted by Crippen LogP contribution is -2.54. The third-order valence-corrected chi connectivity index (χ3v) is 4.80. The van der Waals surface area contributed by atoms with Crippen LogP contribution in [0, 0.1) is 0 Å². The van der Waals surface area contributed by atoms with Crippen molar-refractivity contribution in [2.45, 2.75) is 38.4 Å². The van der Waals surface area contributed by atoms with Crippen molar-refractivity contribution in [3.05, 3.63) is 16.6 Å². The number of thiazole rings is 1. The summed E-state index contributed by atoms with van der Waals surface area (Å²) in [6.45, 7) is 8.35. The number of hydrogen-bond acceptors (Lipinski definition) is 5. The predicted octanol–water partition coefficient (Wildman–Crippen LogP) is 1.39. The van der Waals surface area contributed by atoms with Gasteiger partial charge in [0.15, 0.2) is 0 Å². The molecule has 1 aliphatic rings. The second-order valence-electron chi connectivity index (χ2n) is 5.58. The van der Waals surface area contributed by atoms with Gasteiger partial charge in [0.1, 0.15) is 0 Å². The van der Waals surface area contributed by atoms with E-state index in [0.29, 0.717) is 6.04 Å². The van der Waals surface area contributed by atoms with Gasteiger partial charge >= 0.3 is 0 Å². The Bertz CT molecular complexity index is 365. The second-order valence-corrected chi connectivity index (χ2v) is 6.30. The highest BCUT2D eigenvalue weighted by molar-refractivity contribution is 7.07. The molecule has 1 aromatic rings. The zero-order valence-corrected chi connectivity index (χ0v) is 12.4. The molecule has 0 bridgehead atoms. The summed E-state index contributed by atoms with van der Waals surface area (Å²) in [7, 11) is 2.18. The normalized spacial score (nSPS) is 25.4. The van der Waals surface area contributed by atoms with Gasteiger partial charge < -0.3 is 5.73 Å². The largest absolute Gasteiger partial charge is 0.329 e. The Kier molecular flexibility index (Phi) is 4.37. The number of nitrogens with two attached hydrogens (primary N) is 1. The van der Waals surface area contributed by atoms with Crippen LogP contribution in [-0.4, -0.2) is 53.0 Å². The van der Waals surface area contributed by atoms with Crippen LogP contribution in [0.25, 0.3) is 0 Å². The molecule has 1 aromatic heterocycles. The van der Waals surface area contributed by atoms with Crippen LogP contribution in [0.15, 0.2) is 10.9 Å². The van der Waals surface area contributed by atoms with E-state index in [4.69, 9.17) is 5.73 Å². The molecule has 1 unspecified atom stereocenters. The highest BCUT2D eigenvalue weighted by Crippen LogP contribution is 2.28. The number of rotatable bonds is 5. The maximum atomic E-state index is 6.07. The Morgan fingerprint density at radius 2 is 2.39 bits per heavy atom. The third kappa shape index (κ3) is 2.74. The minimum atomic E-state index is 0.119. The van der Waals surface area contributed by atoms with E-state index in [2.05, 4.69) is 41.1 Å². The SMILES string of the molecule is CC(C)N1CCC(CN)(N(C)Cc2cscn2)C1. The van der Waals surface area contributed by atoms with Crippen LogP contribution in [0.2, 0.25) is 0 Å². The molecule has 2 rings (SSSR count). The van der Waals surface area contributed by atoms with Gasteiger partial charge in [-0.15, -0.1) is 11.3 Å². The van der Waals surface area contributed by atoms with Crippen LogP contribution < -0.4 is 5.73 Å². The summed E-state index contributed by atoms with van der Waals surface area (Å²) in [4.78, 5) is 9.28. The first-order chi connectivity index (χ1) is 8.57.